The highest BCUT2D eigenvalue weighted by molar-refractivity contribution is 6.32. The Bertz CT molecular complexity index is 435. The summed E-state index contributed by atoms with van der Waals surface area (Å²) < 4.78 is 5.21. The predicted molar refractivity (Wildman–Crippen MR) is 59.5 cm³/mol. The largest absolute Gasteiger partial charge is 0.425 e. The molecular weight excluding hydrogens is 212 g/mol. The molecule has 80 valence electrons. The van der Waals surface area contributed by atoms with Crippen LogP contribution < -0.4 is 4.74 Å². The van der Waals surface area contributed by atoms with Crippen LogP contribution in [0.5, 0.6) is 5.75 Å². The third-order valence-corrected chi connectivity index (χ3v) is 3.09. The van der Waals surface area contributed by atoms with Crippen molar-refractivity contribution in [1.82, 2.24) is 0 Å². The van der Waals surface area contributed by atoms with Crippen LogP contribution >= 0.6 is 11.6 Å². The van der Waals surface area contributed by atoms with Gasteiger partial charge in [-0.2, -0.15) is 0 Å². The van der Waals surface area contributed by atoms with Crippen LogP contribution in [0.15, 0.2) is 12.1 Å². The number of fused-ring (bicyclic) bond motifs is 1. The summed E-state index contributed by atoms with van der Waals surface area (Å²) in [7, 11) is 0. The topological polar surface area (TPSA) is 26.3 Å². The Morgan fingerprint density at radius 1 is 1.40 bits per heavy atom. The van der Waals surface area contributed by atoms with Crippen molar-refractivity contribution < 1.29 is 9.53 Å². The van der Waals surface area contributed by atoms with Crippen molar-refractivity contribution in [3.63, 3.8) is 0 Å². The SMILES string of the molecule is Cc1ccc(Cl)c2c1C(C)(C)CC(=O)O2. The van der Waals surface area contributed by atoms with Crippen molar-refractivity contribution in [3.05, 3.63) is 28.3 Å². The second-order valence-corrected chi connectivity index (χ2v) is 5.01. The summed E-state index contributed by atoms with van der Waals surface area (Å²) in [4.78, 5) is 11.4. The third-order valence-electron chi connectivity index (χ3n) is 2.80. The van der Waals surface area contributed by atoms with Gasteiger partial charge in [0.1, 0.15) is 0 Å². The fraction of sp³-hybridized carbons (Fsp3) is 0.417. The number of rotatable bonds is 0. The minimum absolute atomic E-state index is 0.195. The highest BCUT2D eigenvalue weighted by Crippen LogP contribution is 2.44. The molecular formula is C12H13ClO2. The molecule has 0 fully saturated rings. The second kappa shape index (κ2) is 3.24. The van der Waals surface area contributed by atoms with Gasteiger partial charge in [0.15, 0.2) is 5.75 Å². The van der Waals surface area contributed by atoms with E-state index in [0.29, 0.717) is 17.2 Å². The number of hydrogen-bond acceptors (Lipinski definition) is 2. The first kappa shape index (κ1) is 10.5. The molecule has 2 rings (SSSR count). The molecule has 0 aromatic heterocycles. The maximum absolute atomic E-state index is 11.4. The molecule has 15 heavy (non-hydrogen) atoms. The van der Waals surface area contributed by atoms with Gasteiger partial charge in [-0.25, -0.2) is 0 Å². The van der Waals surface area contributed by atoms with E-state index in [1.807, 2.05) is 26.8 Å². The summed E-state index contributed by atoms with van der Waals surface area (Å²) in [5.74, 6) is 0.331. The zero-order valence-corrected chi connectivity index (χ0v) is 9.81. The number of benzene rings is 1. The van der Waals surface area contributed by atoms with Gasteiger partial charge in [-0.3, -0.25) is 4.79 Å². The molecule has 3 heteroatoms. The molecule has 1 heterocycles. The summed E-state index contributed by atoms with van der Waals surface area (Å²) in [6, 6.07) is 3.73. The van der Waals surface area contributed by atoms with Gasteiger partial charge in [0.25, 0.3) is 0 Å². The van der Waals surface area contributed by atoms with Crippen LogP contribution in [0.25, 0.3) is 0 Å². The average molecular weight is 225 g/mol. The molecule has 1 aromatic carbocycles. The zero-order valence-electron chi connectivity index (χ0n) is 9.06. The van der Waals surface area contributed by atoms with Crippen molar-refractivity contribution in [2.24, 2.45) is 0 Å². The lowest BCUT2D eigenvalue weighted by atomic mass is 9.77. The number of esters is 1. The van der Waals surface area contributed by atoms with E-state index >= 15 is 0 Å². The van der Waals surface area contributed by atoms with E-state index in [1.165, 1.54) is 0 Å². The second-order valence-electron chi connectivity index (χ2n) is 4.60. The van der Waals surface area contributed by atoms with Crippen LogP contribution in [0.1, 0.15) is 31.4 Å². The Hall–Kier alpha value is -1.02. The number of ether oxygens (including phenoxy) is 1. The molecule has 0 bridgehead atoms. The van der Waals surface area contributed by atoms with E-state index < -0.39 is 0 Å². The first-order valence-corrected chi connectivity index (χ1v) is 5.30. The Balaban J connectivity index is 2.71. The van der Waals surface area contributed by atoms with Gasteiger partial charge in [0.05, 0.1) is 11.4 Å². The van der Waals surface area contributed by atoms with Gasteiger partial charge in [0.2, 0.25) is 0 Å². The fourth-order valence-electron chi connectivity index (χ4n) is 2.20. The number of carbonyl (C=O) groups excluding carboxylic acids is 1. The van der Waals surface area contributed by atoms with E-state index in [1.54, 1.807) is 6.07 Å². The van der Waals surface area contributed by atoms with Crippen molar-refractivity contribution in [2.75, 3.05) is 0 Å². The minimum Gasteiger partial charge on any atom is -0.425 e. The normalized spacial score (nSPS) is 18.3. The van der Waals surface area contributed by atoms with Crippen molar-refractivity contribution in [2.45, 2.75) is 32.6 Å². The Morgan fingerprint density at radius 3 is 2.73 bits per heavy atom. The molecule has 2 nitrogen and oxygen atoms in total. The van der Waals surface area contributed by atoms with E-state index in [-0.39, 0.29) is 11.4 Å². The van der Waals surface area contributed by atoms with E-state index in [2.05, 4.69) is 0 Å². The van der Waals surface area contributed by atoms with Crippen LogP contribution in [0, 0.1) is 6.92 Å². The minimum atomic E-state index is -0.208. The Kier molecular flexibility index (Phi) is 2.27. The molecule has 1 aliphatic heterocycles. The fourth-order valence-corrected chi connectivity index (χ4v) is 2.39. The van der Waals surface area contributed by atoms with E-state index in [9.17, 15) is 4.79 Å². The van der Waals surface area contributed by atoms with Crippen LogP contribution in [0.3, 0.4) is 0 Å². The lowest BCUT2D eigenvalue weighted by Crippen LogP contribution is -2.31. The van der Waals surface area contributed by atoms with Gasteiger partial charge in [-0.05, 0) is 18.6 Å². The van der Waals surface area contributed by atoms with Gasteiger partial charge in [-0.15, -0.1) is 0 Å². The molecule has 0 atom stereocenters. The molecule has 0 unspecified atom stereocenters. The molecule has 1 aliphatic rings. The first-order valence-electron chi connectivity index (χ1n) is 4.92. The number of hydrogen-bond donors (Lipinski definition) is 0. The summed E-state index contributed by atoms with van der Waals surface area (Å²) >= 11 is 6.03. The summed E-state index contributed by atoms with van der Waals surface area (Å²) in [5, 5.41) is 0.511. The first-order chi connectivity index (χ1) is 6.92. The van der Waals surface area contributed by atoms with Gasteiger partial charge in [-0.1, -0.05) is 31.5 Å². The number of halogens is 1. The third kappa shape index (κ3) is 1.63. The highest BCUT2D eigenvalue weighted by atomic mass is 35.5. The van der Waals surface area contributed by atoms with E-state index in [0.717, 1.165) is 11.1 Å². The Labute approximate surface area is 94.2 Å². The molecule has 0 saturated heterocycles. The van der Waals surface area contributed by atoms with Crippen LogP contribution in [-0.2, 0) is 10.2 Å². The van der Waals surface area contributed by atoms with Crippen LogP contribution in [0.2, 0.25) is 5.02 Å². The smallest absolute Gasteiger partial charge is 0.312 e. The average Bonchev–Trinajstić information content (AvgIpc) is 2.09. The van der Waals surface area contributed by atoms with Crippen LogP contribution in [-0.4, -0.2) is 5.97 Å². The van der Waals surface area contributed by atoms with Crippen molar-refractivity contribution in [1.29, 1.82) is 0 Å². The molecule has 0 radical (unpaired) electrons. The van der Waals surface area contributed by atoms with Gasteiger partial charge >= 0.3 is 5.97 Å². The molecule has 0 saturated carbocycles. The predicted octanol–water partition coefficient (Wildman–Crippen LogP) is 3.24. The maximum Gasteiger partial charge on any atom is 0.312 e. The number of aryl methyl sites for hydroxylation is 1. The molecule has 0 spiro atoms. The summed E-state index contributed by atoms with van der Waals surface area (Å²) in [5.41, 5.74) is 1.97. The summed E-state index contributed by atoms with van der Waals surface area (Å²) in [6.45, 7) is 6.08. The zero-order chi connectivity index (χ0) is 11.2. The quantitative estimate of drug-likeness (QED) is 0.500. The lowest BCUT2D eigenvalue weighted by molar-refractivity contribution is -0.136. The van der Waals surface area contributed by atoms with Crippen molar-refractivity contribution >= 4 is 17.6 Å². The van der Waals surface area contributed by atoms with Gasteiger partial charge in [0, 0.05) is 11.0 Å². The summed E-state index contributed by atoms with van der Waals surface area (Å²) in [6.07, 6.45) is 0.404. The standard InChI is InChI=1S/C12H13ClO2/c1-7-4-5-8(13)11-10(7)12(2,3)6-9(14)15-11/h4-5H,6H2,1-3H3. The maximum atomic E-state index is 11.4. The molecule has 0 N–H and O–H groups in total. The highest BCUT2D eigenvalue weighted by Gasteiger charge is 2.36. The molecule has 0 amide bonds. The van der Waals surface area contributed by atoms with Crippen molar-refractivity contribution in [3.8, 4) is 5.75 Å². The number of carbonyl (C=O) groups is 1. The lowest BCUT2D eigenvalue weighted by Gasteiger charge is -2.32. The Morgan fingerprint density at radius 2 is 2.07 bits per heavy atom. The van der Waals surface area contributed by atoms with Gasteiger partial charge < -0.3 is 4.74 Å². The monoisotopic (exact) mass is 224 g/mol. The van der Waals surface area contributed by atoms with E-state index in [4.69, 9.17) is 16.3 Å². The molecule has 0 aliphatic carbocycles. The molecule has 1 aromatic rings. The van der Waals surface area contributed by atoms with Crippen LogP contribution in [0.4, 0.5) is 0 Å².